The summed E-state index contributed by atoms with van der Waals surface area (Å²) in [5, 5.41) is 2.34. The van der Waals surface area contributed by atoms with Crippen LogP contribution < -0.4 is 10.0 Å². The van der Waals surface area contributed by atoms with Crippen LogP contribution in [0.2, 0.25) is 0 Å². The van der Waals surface area contributed by atoms with Crippen molar-refractivity contribution in [2.24, 2.45) is 5.92 Å². The molecule has 0 unspecified atom stereocenters. The first-order chi connectivity index (χ1) is 15.3. The first-order valence-corrected chi connectivity index (χ1v) is 12.4. The fourth-order valence-electron chi connectivity index (χ4n) is 3.51. The van der Waals surface area contributed by atoms with Gasteiger partial charge in [0.2, 0.25) is 0 Å². The maximum absolute atomic E-state index is 14.0. The summed E-state index contributed by atoms with van der Waals surface area (Å²) in [5.41, 5.74) is -0.860. The van der Waals surface area contributed by atoms with E-state index in [0.29, 0.717) is 24.7 Å². The van der Waals surface area contributed by atoms with Crippen LogP contribution in [0, 0.1) is 17.6 Å². The Morgan fingerprint density at radius 1 is 1.15 bits per heavy atom. The standard InChI is InChI=1S/C22H32F2N2O6S/c1-14(31-13-15-8-6-5-7-9-15)19(25-21(28)32-22(2,3)4)20(27)26-33(29,30)18-11-10-16(23)12-17(18)24/h10-12,14-15,19H,5-9,13H2,1-4H3,(H,25,28)(H,26,27)/t14-,19+/m1/s1. The molecule has 186 valence electrons. The van der Waals surface area contributed by atoms with Gasteiger partial charge in [0.25, 0.3) is 15.9 Å². The van der Waals surface area contributed by atoms with E-state index >= 15 is 0 Å². The van der Waals surface area contributed by atoms with Gasteiger partial charge in [-0.2, -0.15) is 0 Å². The Morgan fingerprint density at radius 3 is 2.36 bits per heavy atom. The average molecular weight is 491 g/mol. The number of alkyl carbamates (subject to hydrolysis) is 1. The van der Waals surface area contributed by atoms with Gasteiger partial charge in [0.1, 0.15) is 28.2 Å². The van der Waals surface area contributed by atoms with Crippen molar-refractivity contribution in [1.29, 1.82) is 0 Å². The zero-order valence-electron chi connectivity index (χ0n) is 19.3. The van der Waals surface area contributed by atoms with E-state index in [4.69, 9.17) is 9.47 Å². The highest BCUT2D eigenvalue weighted by Crippen LogP contribution is 2.24. The van der Waals surface area contributed by atoms with E-state index in [0.717, 1.165) is 38.2 Å². The summed E-state index contributed by atoms with van der Waals surface area (Å²) < 4.78 is 64.9. The minimum atomic E-state index is -4.68. The molecule has 2 rings (SSSR count). The molecule has 0 aliphatic heterocycles. The Hall–Kier alpha value is -2.27. The van der Waals surface area contributed by atoms with Crippen molar-refractivity contribution in [2.45, 2.75) is 82.4 Å². The number of hydrogen-bond donors (Lipinski definition) is 2. The third-order valence-electron chi connectivity index (χ3n) is 5.16. The topological polar surface area (TPSA) is 111 Å². The smallest absolute Gasteiger partial charge is 0.408 e. The van der Waals surface area contributed by atoms with E-state index in [9.17, 15) is 26.8 Å². The molecule has 0 spiro atoms. The molecule has 0 heterocycles. The molecule has 1 fully saturated rings. The molecule has 1 aliphatic rings. The van der Waals surface area contributed by atoms with Crippen LogP contribution in [0.1, 0.15) is 59.8 Å². The van der Waals surface area contributed by atoms with Gasteiger partial charge in [-0.1, -0.05) is 19.3 Å². The molecule has 8 nitrogen and oxygen atoms in total. The van der Waals surface area contributed by atoms with Crippen LogP contribution >= 0.6 is 0 Å². The number of nitrogens with one attached hydrogen (secondary N) is 2. The zero-order chi connectivity index (χ0) is 24.8. The second kappa shape index (κ2) is 11.2. The molecule has 1 aromatic carbocycles. The molecule has 1 saturated carbocycles. The molecule has 2 N–H and O–H groups in total. The molecular weight excluding hydrogens is 458 g/mol. The quantitative estimate of drug-likeness (QED) is 0.576. The Balaban J connectivity index is 2.17. The largest absolute Gasteiger partial charge is 0.444 e. The predicted molar refractivity (Wildman–Crippen MR) is 117 cm³/mol. The minimum Gasteiger partial charge on any atom is -0.444 e. The number of carbonyl (C=O) groups is 2. The van der Waals surface area contributed by atoms with Gasteiger partial charge in [-0.3, -0.25) is 4.79 Å². The van der Waals surface area contributed by atoms with E-state index in [1.165, 1.54) is 6.92 Å². The van der Waals surface area contributed by atoms with Crippen molar-refractivity contribution < 1.29 is 36.3 Å². The van der Waals surface area contributed by atoms with Crippen LogP contribution in [-0.4, -0.2) is 44.8 Å². The van der Waals surface area contributed by atoms with E-state index in [1.54, 1.807) is 25.5 Å². The van der Waals surface area contributed by atoms with E-state index in [1.807, 2.05) is 0 Å². The number of sulfonamides is 1. The highest BCUT2D eigenvalue weighted by molar-refractivity contribution is 7.90. The predicted octanol–water partition coefficient (Wildman–Crippen LogP) is 3.65. The number of rotatable bonds is 8. The summed E-state index contributed by atoms with van der Waals surface area (Å²) in [6.45, 7) is 6.77. The number of carbonyl (C=O) groups excluding carboxylic acids is 2. The van der Waals surface area contributed by atoms with Crippen LogP contribution in [0.3, 0.4) is 0 Å². The normalized spacial score (nSPS) is 17.2. The van der Waals surface area contributed by atoms with Crippen molar-refractivity contribution in [3.8, 4) is 0 Å². The van der Waals surface area contributed by atoms with Gasteiger partial charge in [0.05, 0.1) is 6.10 Å². The molecule has 0 aromatic heterocycles. The van der Waals surface area contributed by atoms with E-state index in [2.05, 4.69) is 5.32 Å². The molecule has 33 heavy (non-hydrogen) atoms. The highest BCUT2D eigenvalue weighted by Gasteiger charge is 2.34. The fourth-order valence-corrected chi connectivity index (χ4v) is 4.58. The van der Waals surface area contributed by atoms with E-state index in [-0.39, 0.29) is 0 Å². The van der Waals surface area contributed by atoms with Gasteiger partial charge >= 0.3 is 6.09 Å². The van der Waals surface area contributed by atoms with Crippen molar-refractivity contribution in [3.05, 3.63) is 29.8 Å². The van der Waals surface area contributed by atoms with Crippen LogP contribution in [0.15, 0.2) is 23.1 Å². The number of amides is 2. The number of ether oxygens (including phenoxy) is 2. The molecule has 0 bridgehead atoms. The highest BCUT2D eigenvalue weighted by atomic mass is 32.2. The summed E-state index contributed by atoms with van der Waals surface area (Å²) in [7, 11) is -4.68. The van der Waals surface area contributed by atoms with Crippen molar-refractivity contribution in [1.82, 2.24) is 10.0 Å². The first-order valence-electron chi connectivity index (χ1n) is 10.9. The van der Waals surface area contributed by atoms with Crippen LogP contribution in [0.5, 0.6) is 0 Å². The second-order valence-corrected chi connectivity index (χ2v) is 10.9. The lowest BCUT2D eigenvalue weighted by Gasteiger charge is -2.28. The van der Waals surface area contributed by atoms with Gasteiger partial charge in [-0.15, -0.1) is 0 Å². The van der Waals surface area contributed by atoms with Crippen LogP contribution in [0.4, 0.5) is 13.6 Å². The van der Waals surface area contributed by atoms with Gasteiger partial charge in [-0.25, -0.2) is 26.7 Å². The molecule has 0 radical (unpaired) electrons. The summed E-state index contributed by atoms with van der Waals surface area (Å²) in [6, 6.07) is 0.418. The molecule has 1 aromatic rings. The third kappa shape index (κ3) is 8.54. The Morgan fingerprint density at radius 2 is 1.79 bits per heavy atom. The van der Waals surface area contributed by atoms with Crippen molar-refractivity contribution in [2.75, 3.05) is 6.61 Å². The lowest BCUT2D eigenvalue weighted by atomic mass is 9.90. The van der Waals surface area contributed by atoms with Crippen molar-refractivity contribution >= 4 is 22.0 Å². The first kappa shape index (κ1) is 27.0. The third-order valence-corrected chi connectivity index (χ3v) is 6.54. The lowest BCUT2D eigenvalue weighted by molar-refractivity contribution is -0.125. The van der Waals surface area contributed by atoms with Gasteiger partial charge in [0.15, 0.2) is 0 Å². The summed E-state index contributed by atoms with van der Waals surface area (Å²) in [4.78, 5) is 24.3. The van der Waals surface area contributed by atoms with Gasteiger partial charge in [-0.05, 0) is 58.6 Å². The van der Waals surface area contributed by atoms with Gasteiger partial charge < -0.3 is 14.8 Å². The summed E-state index contributed by atoms with van der Waals surface area (Å²) >= 11 is 0. The van der Waals surface area contributed by atoms with Crippen molar-refractivity contribution in [3.63, 3.8) is 0 Å². The lowest BCUT2D eigenvalue weighted by Crippen LogP contribution is -2.55. The monoisotopic (exact) mass is 490 g/mol. The second-order valence-electron chi connectivity index (χ2n) is 9.21. The maximum Gasteiger partial charge on any atom is 0.408 e. The van der Waals surface area contributed by atoms with Crippen LogP contribution in [-0.2, 0) is 24.3 Å². The fraction of sp³-hybridized carbons (Fsp3) is 0.636. The summed E-state index contributed by atoms with van der Waals surface area (Å²) in [6.07, 6.45) is 3.46. The minimum absolute atomic E-state index is 0.309. The number of hydrogen-bond acceptors (Lipinski definition) is 6. The number of halogens is 2. The van der Waals surface area contributed by atoms with Crippen LogP contribution in [0.25, 0.3) is 0 Å². The number of benzene rings is 1. The molecule has 1 aliphatic carbocycles. The SMILES string of the molecule is C[C@@H](OCC1CCCCC1)[C@H](NC(=O)OC(C)(C)C)C(=O)NS(=O)(=O)c1ccc(F)cc1F. The molecular formula is C22H32F2N2O6S. The molecule has 2 amide bonds. The van der Waals surface area contributed by atoms with Gasteiger partial charge in [0, 0.05) is 12.7 Å². The Kier molecular flexibility index (Phi) is 9.19. The molecule has 11 heteroatoms. The maximum atomic E-state index is 14.0. The molecule has 2 atom stereocenters. The Labute approximate surface area is 193 Å². The molecule has 0 saturated heterocycles. The Bertz CT molecular complexity index is 943. The summed E-state index contributed by atoms with van der Waals surface area (Å²) in [5.74, 6) is -3.15. The zero-order valence-corrected chi connectivity index (χ0v) is 20.1. The average Bonchev–Trinajstić information content (AvgIpc) is 2.69. The van der Waals surface area contributed by atoms with E-state index < -0.39 is 56.3 Å².